The minimum atomic E-state index is -0.609. The molecule has 0 saturated carbocycles. The number of hydrogen-bond acceptors (Lipinski definition) is 7. The van der Waals surface area contributed by atoms with E-state index in [1.807, 2.05) is 0 Å². The van der Waals surface area contributed by atoms with Gasteiger partial charge in [-0.1, -0.05) is 0 Å². The smallest absolute Gasteiger partial charge is 0.345 e. The first-order chi connectivity index (χ1) is 10.1. The summed E-state index contributed by atoms with van der Waals surface area (Å²) in [6, 6.07) is 4.50. The minimum Gasteiger partial charge on any atom is -0.493 e. The van der Waals surface area contributed by atoms with Crippen LogP contribution in [-0.4, -0.2) is 32.5 Å². The molecule has 0 aliphatic rings. The number of aromatic nitrogens is 1. The maximum absolute atomic E-state index is 12.1. The number of carbonyl (C=O) groups excluding carboxylic acids is 1. The minimum absolute atomic E-state index is 0.0891. The number of esters is 1. The SMILES string of the molecule is COc1cc(C(=O)Oc2cc(C)on2)cc(OC)c1OC. The number of aryl methyl sites for hydroxylation is 1. The van der Waals surface area contributed by atoms with Gasteiger partial charge >= 0.3 is 5.97 Å². The van der Waals surface area contributed by atoms with Gasteiger partial charge in [-0.3, -0.25) is 0 Å². The number of hydrogen-bond donors (Lipinski definition) is 0. The van der Waals surface area contributed by atoms with Crippen LogP contribution >= 0.6 is 0 Å². The second-order valence-electron chi connectivity index (χ2n) is 4.08. The lowest BCUT2D eigenvalue weighted by molar-refractivity contribution is 0.0720. The largest absolute Gasteiger partial charge is 0.493 e. The Hall–Kier alpha value is -2.70. The van der Waals surface area contributed by atoms with E-state index in [1.54, 1.807) is 6.92 Å². The number of ether oxygens (including phenoxy) is 4. The molecule has 1 heterocycles. The van der Waals surface area contributed by atoms with E-state index in [2.05, 4.69) is 5.16 Å². The third-order valence-electron chi connectivity index (χ3n) is 2.70. The molecule has 2 rings (SSSR count). The van der Waals surface area contributed by atoms with Crippen molar-refractivity contribution < 1.29 is 28.3 Å². The van der Waals surface area contributed by atoms with Crippen LogP contribution in [0, 0.1) is 6.92 Å². The van der Waals surface area contributed by atoms with E-state index in [-0.39, 0.29) is 11.4 Å². The molecule has 0 aliphatic heterocycles. The van der Waals surface area contributed by atoms with Crippen LogP contribution in [0.1, 0.15) is 16.1 Å². The molecule has 2 aromatic rings. The van der Waals surface area contributed by atoms with Crippen molar-refractivity contribution in [3.63, 3.8) is 0 Å². The first kappa shape index (κ1) is 14.7. The van der Waals surface area contributed by atoms with E-state index in [1.165, 1.54) is 39.5 Å². The number of carbonyl (C=O) groups is 1. The maximum Gasteiger partial charge on any atom is 0.345 e. The van der Waals surface area contributed by atoms with Crippen LogP contribution < -0.4 is 18.9 Å². The summed E-state index contributed by atoms with van der Waals surface area (Å²) in [6.07, 6.45) is 0. The van der Waals surface area contributed by atoms with Gasteiger partial charge in [0.1, 0.15) is 5.76 Å². The third kappa shape index (κ3) is 3.07. The highest BCUT2D eigenvalue weighted by molar-refractivity contribution is 5.92. The summed E-state index contributed by atoms with van der Waals surface area (Å²) < 4.78 is 25.5. The quantitative estimate of drug-likeness (QED) is 0.782. The average molecular weight is 293 g/mol. The second kappa shape index (κ2) is 6.17. The normalized spacial score (nSPS) is 10.1. The summed E-state index contributed by atoms with van der Waals surface area (Å²) in [4.78, 5) is 12.1. The molecule has 0 bridgehead atoms. The molecule has 1 aromatic heterocycles. The Morgan fingerprint density at radius 3 is 2.10 bits per heavy atom. The molecule has 7 heteroatoms. The topological polar surface area (TPSA) is 80.0 Å². The van der Waals surface area contributed by atoms with Gasteiger partial charge in [0.25, 0.3) is 5.88 Å². The molecule has 0 fully saturated rings. The molecule has 0 aliphatic carbocycles. The first-order valence-corrected chi connectivity index (χ1v) is 6.04. The van der Waals surface area contributed by atoms with Crippen molar-refractivity contribution in [2.24, 2.45) is 0 Å². The zero-order chi connectivity index (χ0) is 15.4. The molecule has 0 spiro atoms. The Bertz CT molecular complexity index is 624. The predicted molar refractivity (Wildman–Crippen MR) is 72.3 cm³/mol. The van der Waals surface area contributed by atoms with E-state index < -0.39 is 5.97 Å². The van der Waals surface area contributed by atoms with E-state index in [0.29, 0.717) is 23.0 Å². The summed E-state index contributed by atoms with van der Waals surface area (Å²) in [6.45, 7) is 1.70. The van der Waals surface area contributed by atoms with Gasteiger partial charge in [0.2, 0.25) is 5.75 Å². The van der Waals surface area contributed by atoms with Crippen molar-refractivity contribution in [3.05, 3.63) is 29.5 Å². The Labute approximate surface area is 121 Å². The third-order valence-corrected chi connectivity index (χ3v) is 2.70. The van der Waals surface area contributed by atoms with Gasteiger partial charge in [0.05, 0.1) is 26.9 Å². The fourth-order valence-electron chi connectivity index (χ4n) is 1.74. The van der Waals surface area contributed by atoms with E-state index in [9.17, 15) is 4.79 Å². The van der Waals surface area contributed by atoms with Gasteiger partial charge in [-0.15, -0.1) is 0 Å². The highest BCUT2D eigenvalue weighted by Gasteiger charge is 2.19. The zero-order valence-electron chi connectivity index (χ0n) is 12.1. The molecule has 112 valence electrons. The van der Waals surface area contributed by atoms with Crippen LogP contribution in [0.15, 0.2) is 22.7 Å². The summed E-state index contributed by atoms with van der Waals surface area (Å²) in [5, 5.41) is 3.59. The molecule has 0 amide bonds. The van der Waals surface area contributed by atoms with Crippen LogP contribution in [0.5, 0.6) is 23.1 Å². The number of benzene rings is 1. The molecular formula is C14H15NO6. The van der Waals surface area contributed by atoms with Gasteiger partial charge < -0.3 is 23.5 Å². The van der Waals surface area contributed by atoms with Crippen molar-refractivity contribution in [2.45, 2.75) is 6.92 Å². The van der Waals surface area contributed by atoms with Gasteiger partial charge in [-0.25, -0.2) is 4.79 Å². The Morgan fingerprint density at radius 2 is 1.67 bits per heavy atom. The lowest BCUT2D eigenvalue weighted by Gasteiger charge is -2.13. The van der Waals surface area contributed by atoms with Crippen molar-refractivity contribution in [3.8, 4) is 23.1 Å². The lowest BCUT2D eigenvalue weighted by atomic mass is 10.2. The number of methoxy groups -OCH3 is 3. The molecule has 0 unspecified atom stereocenters. The summed E-state index contributed by atoms with van der Waals surface area (Å²) >= 11 is 0. The van der Waals surface area contributed by atoms with Crippen LogP contribution in [0.2, 0.25) is 0 Å². The van der Waals surface area contributed by atoms with Gasteiger partial charge in [-0.05, 0) is 24.2 Å². The fourth-order valence-corrected chi connectivity index (χ4v) is 1.74. The van der Waals surface area contributed by atoms with Crippen LogP contribution in [0.3, 0.4) is 0 Å². The first-order valence-electron chi connectivity index (χ1n) is 6.04. The Balaban J connectivity index is 2.32. The molecule has 21 heavy (non-hydrogen) atoms. The zero-order valence-corrected chi connectivity index (χ0v) is 12.1. The second-order valence-corrected chi connectivity index (χ2v) is 4.08. The van der Waals surface area contributed by atoms with Crippen LogP contribution in [0.4, 0.5) is 0 Å². The lowest BCUT2D eigenvalue weighted by Crippen LogP contribution is -2.09. The predicted octanol–water partition coefficient (Wildman–Crippen LogP) is 2.23. The van der Waals surface area contributed by atoms with E-state index in [0.717, 1.165) is 0 Å². The summed E-state index contributed by atoms with van der Waals surface area (Å²) in [5.74, 6) is 1.14. The summed E-state index contributed by atoms with van der Waals surface area (Å²) in [7, 11) is 4.41. The number of rotatable bonds is 5. The molecule has 0 N–H and O–H groups in total. The number of nitrogens with zero attached hydrogens (tertiary/aromatic N) is 1. The summed E-state index contributed by atoms with van der Waals surface area (Å²) in [5.41, 5.74) is 0.241. The molecule has 0 radical (unpaired) electrons. The highest BCUT2D eigenvalue weighted by atomic mass is 16.6. The molecule has 1 aromatic carbocycles. The van der Waals surface area contributed by atoms with Crippen molar-refractivity contribution in [1.29, 1.82) is 0 Å². The van der Waals surface area contributed by atoms with Gasteiger partial charge in [-0.2, -0.15) is 0 Å². The molecular weight excluding hydrogens is 278 g/mol. The Morgan fingerprint density at radius 1 is 1.05 bits per heavy atom. The van der Waals surface area contributed by atoms with Gasteiger partial charge in [0, 0.05) is 6.07 Å². The monoisotopic (exact) mass is 293 g/mol. The van der Waals surface area contributed by atoms with Gasteiger partial charge in [0.15, 0.2) is 11.5 Å². The van der Waals surface area contributed by atoms with Crippen molar-refractivity contribution in [2.75, 3.05) is 21.3 Å². The average Bonchev–Trinajstić information content (AvgIpc) is 2.90. The van der Waals surface area contributed by atoms with Crippen molar-refractivity contribution >= 4 is 5.97 Å². The standard InChI is InChI=1S/C14H15NO6/c1-8-5-12(15-21-8)20-14(16)9-6-10(17-2)13(19-4)11(7-9)18-3/h5-7H,1-4H3. The molecule has 7 nitrogen and oxygen atoms in total. The Kier molecular flexibility index (Phi) is 4.32. The molecule has 0 saturated heterocycles. The highest BCUT2D eigenvalue weighted by Crippen LogP contribution is 2.38. The molecule has 0 atom stereocenters. The fraction of sp³-hybridized carbons (Fsp3) is 0.286. The van der Waals surface area contributed by atoms with Crippen LogP contribution in [-0.2, 0) is 0 Å². The maximum atomic E-state index is 12.1. The van der Waals surface area contributed by atoms with Crippen LogP contribution in [0.25, 0.3) is 0 Å². The van der Waals surface area contributed by atoms with E-state index >= 15 is 0 Å². The van der Waals surface area contributed by atoms with E-state index in [4.69, 9.17) is 23.5 Å². The van der Waals surface area contributed by atoms with Crippen molar-refractivity contribution in [1.82, 2.24) is 5.16 Å².